The molecule has 6 heteroatoms. The summed E-state index contributed by atoms with van der Waals surface area (Å²) in [5, 5.41) is 0.355. The molecule has 0 heterocycles. The quantitative estimate of drug-likeness (QED) is 0.834. The summed E-state index contributed by atoms with van der Waals surface area (Å²) in [7, 11) is -1.42. The molecule has 1 atom stereocenters. The van der Waals surface area contributed by atoms with Crippen LogP contribution >= 0.6 is 27.5 Å². The maximum absolute atomic E-state index is 13.3. The molecule has 2 rings (SSSR count). The van der Waals surface area contributed by atoms with Crippen LogP contribution in [0, 0.1) is 5.82 Å². The van der Waals surface area contributed by atoms with Crippen molar-refractivity contribution < 1.29 is 8.60 Å². The normalized spacial score (nSPS) is 12.4. The van der Waals surface area contributed by atoms with Crippen LogP contribution in [0.4, 0.5) is 10.1 Å². The van der Waals surface area contributed by atoms with Crippen molar-refractivity contribution in [2.45, 2.75) is 10.6 Å². The lowest BCUT2D eigenvalue weighted by Gasteiger charge is -2.08. The van der Waals surface area contributed by atoms with Crippen LogP contribution in [0.25, 0.3) is 0 Å². The molecule has 0 amide bonds. The van der Waals surface area contributed by atoms with Crippen LogP contribution in [0.1, 0.15) is 5.56 Å². The zero-order valence-corrected chi connectivity index (χ0v) is 12.9. The molecule has 0 fully saturated rings. The Morgan fingerprint density at radius 3 is 2.68 bits per heavy atom. The first-order chi connectivity index (χ1) is 8.97. The fourth-order valence-electron chi connectivity index (χ4n) is 1.68. The smallest absolute Gasteiger partial charge is 0.124 e. The second-order valence-corrected chi connectivity index (χ2v) is 6.64. The maximum atomic E-state index is 13.3. The molecule has 0 saturated carbocycles. The molecule has 1 unspecified atom stereocenters. The van der Waals surface area contributed by atoms with Crippen LogP contribution in [0.5, 0.6) is 0 Å². The molecule has 2 nitrogen and oxygen atoms in total. The average molecular weight is 363 g/mol. The van der Waals surface area contributed by atoms with E-state index in [0.29, 0.717) is 25.6 Å². The number of rotatable bonds is 3. The van der Waals surface area contributed by atoms with E-state index >= 15 is 0 Å². The van der Waals surface area contributed by atoms with E-state index < -0.39 is 10.8 Å². The van der Waals surface area contributed by atoms with E-state index in [0.717, 1.165) is 0 Å². The van der Waals surface area contributed by atoms with Crippen molar-refractivity contribution in [2.75, 3.05) is 5.73 Å². The molecule has 2 aromatic rings. The third kappa shape index (κ3) is 3.55. The molecule has 100 valence electrons. The van der Waals surface area contributed by atoms with Crippen LogP contribution in [0.15, 0.2) is 45.8 Å². The standard InChI is InChI=1S/C13H10BrClFNOS/c14-9-4-8(5-10(16)6-9)7-19(18)13-11(15)2-1-3-12(13)17/h1-6H,7,17H2. The van der Waals surface area contributed by atoms with Crippen molar-refractivity contribution in [1.82, 2.24) is 0 Å². The highest BCUT2D eigenvalue weighted by Gasteiger charge is 2.13. The van der Waals surface area contributed by atoms with Crippen molar-refractivity contribution in [2.24, 2.45) is 0 Å². The highest BCUT2D eigenvalue weighted by Crippen LogP contribution is 2.28. The number of nitrogens with two attached hydrogens (primary N) is 1. The van der Waals surface area contributed by atoms with Crippen molar-refractivity contribution >= 4 is 44.0 Å². The molecule has 0 spiro atoms. The van der Waals surface area contributed by atoms with Crippen molar-refractivity contribution in [3.8, 4) is 0 Å². The summed E-state index contributed by atoms with van der Waals surface area (Å²) in [6.07, 6.45) is 0. The lowest BCUT2D eigenvalue weighted by atomic mass is 10.2. The SMILES string of the molecule is Nc1cccc(Cl)c1S(=O)Cc1cc(F)cc(Br)c1. The second-order valence-electron chi connectivity index (χ2n) is 3.93. The van der Waals surface area contributed by atoms with Crippen LogP contribution < -0.4 is 5.73 Å². The number of nitrogen functional groups attached to an aromatic ring is 1. The summed E-state index contributed by atoms with van der Waals surface area (Å²) >= 11 is 9.20. The summed E-state index contributed by atoms with van der Waals surface area (Å²) in [5.74, 6) is -0.224. The molecule has 19 heavy (non-hydrogen) atoms. The largest absolute Gasteiger partial charge is 0.398 e. The van der Waals surface area contributed by atoms with E-state index in [1.165, 1.54) is 12.1 Å². The molecule has 0 aliphatic rings. The minimum atomic E-state index is -1.42. The lowest BCUT2D eigenvalue weighted by molar-refractivity contribution is 0.625. The van der Waals surface area contributed by atoms with Gasteiger partial charge in [0.25, 0.3) is 0 Å². The highest BCUT2D eigenvalue weighted by molar-refractivity contribution is 9.10. The molecule has 2 N–H and O–H groups in total. The summed E-state index contributed by atoms with van der Waals surface area (Å²) in [6.45, 7) is 0. The van der Waals surface area contributed by atoms with Crippen molar-refractivity contribution in [1.29, 1.82) is 0 Å². The number of benzene rings is 2. The minimum absolute atomic E-state index is 0.157. The van der Waals surface area contributed by atoms with Crippen LogP contribution in [0.2, 0.25) is 5.02 Å². The first-order valence-electron chi connectivity index (χ1n) is 5.34. The van der Waals surface area contributed by atoms with E-state index in [4.69, 9.17) is 17.3 Å². The van der Waals surface area contributed by atoms with Crippen molar-refractivity contribution in [3.05, 3.63) is 57.3 Å². The van der Waals surface area contributed by atoms with Gasteiger partial charge in [-0.1, -0.05) is 33.6 Å². The van der Waals surface area contributed by atoms with E-state index in [1.54, 1.807) is 24.3 Å². The van der Waals surface area contributed by atoms with Crippen LogP contribution in [0.3, 0.4) is 0 Å². The fraction of sp³-hybridized carbons (Fsp3) is 0.0769. The van der Waals surface area contributed by atoms with E-state index in [2.05, 4.69) is 15.9 Å². The van der Waals surface area contributed by atoms with Gasteiger partial charge in [0.2, 0.25) is 0 Å². The summed E-state index contributed by atoms with van der Waals surface area (Å²) < 4.78 is 26.2. The molecule has 0 radical (unpaired) electrons. The first kappa shape index (κ1) is 14.5. The van der Waals surface area contributed by atoms with Gasteiger partial charge < -0.3 is 5.73 Å². The van der Waals surface area contributed by atoms with E-state index in [-0.39, 0.29) is 11.6 Å². The summed E-state index contributed by atoms with van der Waals surface area (Å²) in [4.78, 5) is 0.393. The fourth-order valence-corrected chi connectivity index (χ4v) is 3.87. The Kier molecular flexibility index (Phi) is 4.60. The highest BCUT2D eigenvalue weighted by atomic mass is 79.9. The van der Waals surface area contributed by atoms with Gasteiger partial charge in [-0.15, -0.1) is 0 Å². The van der Waals surface area contributed by atoms with Gasteiger partial charge in [0, 0.05) is 10.2 Å². The molecular formula is C13H10BrClFNOS. The summed E-state index contributed by atoms with van der Waals surface area (Å²) in [5.41, 5.74) is 6.77. The number of hydrogen-bond donors (Lipinski definition) is 1. The third-order valence-corrected chi connectivity index (χ3v) is 4.84. The molecule has 0 bridgehead atoms. The van der Waals surface area contributed by atoms with E-state index in [9.17, 15) is 8.60 Å². The Bertz CT molecular complexity index is 610. The van der Waals surface area contributed by atoms with Gasteiger partial charge in [0.05, 0.1) is 26.5 Å². The minimum Gasteiger partial charge on any atom is -0.398 e. The van der Waals surface area contributed by atoms with E-state index in [1.807, 2.05) is 0 Å². The monoisotopic (exact) mass is 361 g/mol. The summed E-state index contributed by atoms with van der Waals surface area (Å²) in [6, 6.07) is 9.37. The van der Waals surface area contributed by atoms with Gasteiger partial charge >= 0.3 is 0 Å². The maximum Gasteiger partial charge on any atom is 0.124 e. The average Bonchev–Trinajstić information content (AvgIpc) is 2.26. The van der Waals surface area contributed by atoms with Crippen LogP contribution in [-0.4, -0.2) is 4.21 Å². The van der Waals surface area contributed by atoms with Gasteiger partial charge in [-0.3, -0.25) is 4.21 Å². The number of hydrogen-bond acceptors (Lipinski definition) is 2. The Morgan fingerprint density at radius 1 is 1.32 bits per heavy atom. The predicted molar refractivity (Wildman–Crippen MR) is 80.1 cm³/mol. The lowest BCUT2D eigenvalue weighted by Crippen LogP contribution is -2.02. The molecule has 0 aliphatic heterocycles. The Labute approximate surface area is 126 Å². The number of halogens is 3. The molecule has 0 aromatic heterocycles. The zero-order valence-electron chi connectivity index (χ0n) is 9.70. The van der Waals surface area contributed by atoms with Gasteiger partial charge in [-0.2, -0.15) is 0 Å². The zero-order chi connectivity index (χ0) is 14.0. The first-order valence-corrected chi connectivity index (χ1v) is 7.83. The third-order valence-electron chi connectivity index (χ3n) is 2.45. The predicted octanol–water partition coefficient (Wildman–Crippen LogP) is 4.13. The number of anilines is 1. The van der Waals surface area contributed by atoms with Gasteiger partial charge in [0.1, 0.15) is 5.82 Å². The Balaban J connectivity index is 2.31. The topological polar surface area (TPSA) is 43.1 Å². The van der Waals surface area contributed by atoms with Crippen LogP contribution in [-0.2, 0) is 16.6 Å². The Morgan fingerprint density at radius 2 is 2.05 bits per heavy atom. The van der Waals surface area contributed by atoms with Gasteiger partial charge in [-0.05, 0) is 35.9 Å². The Hall–Kier alpha value is -0.910. The van der Waals surface area contributed by atoms with Crippen molar-refractivity contribution in [3.63, 3.8) is 0 Å². The molecular weight excluding hydrogens is 353 g/mol. The van der Waals surface area contributed by atoms with Gasteiger partial charge in [0.15, 0.2) is 0 Å². The van der Waals surface area contributed by atoms with Gasteiger partial charge in [-0.25, -0.2) is 4.39 Å². The molecule has 0 aliphatic carbocycles. The molecule has 2 aromatic carbocycles. The second kappa shape index (κ2) is 6.03. The molecule has 0 saturated heterocycles.